The Morgan fingerprint density at radius 3 is 2.38 bits per heavy atom. The summed E-state index contributed by atoms with van der Waals surface area (Å²) in [6.07, 6.45) is 3.01. The molecule has 7 nitrogen and oxygen atoms in total. The van der Waals surface area contributed by atoms with Gasteiger partial charge in [-0.3, -0.25) is 4.79 Å². The highest BCUT2D eigenvalue weighted by atomic mass is 32.1. The molecule has 1 fully saturated rings. The number of nitrogens with one attached hydrogen (secondary N) is 3. The lowest BCUT2D eigenvalue weighted by Gasteiger charge is -2.23. The molecule has 0 spiro atoms. The van der Waals surface area contributed by atoms with Crippen LogP contribution in [0.1, 0.15) is 52.9 Å². The minimum atomic E-state index is -1.03. The second-order valence-corrected chi connectivity index (χ2v) is 6.94. The zero-order valence-electron chi connectivity index (χ0n) is 15.8. The third-order valence-electron chi connectivity index (χ3n) is 4.22. The summed E-state index contributed by atoms with van der Waals surface area (Å²) in [5.74, 6) is -0.0191. The van der Waals surface area contributed by atoms with Gasteiger partial charge in [0.1, 0.15) is 6.04 Å². The molecule has 4 N–H and O–H groups in total. The first kappa shape index (κ1) is 24.9. The molecule has 1 saturated heterocycles. The smallest absolute Gasteiger partial charge is 0.326 e. The summed E-state index contributed by atoms with van der Waals surface area (Å²) in [5, 5.41) is 17.3. The quantitative estimate of drug-likeness (QED) is 0.233. The molecular weight excluding hydrogens is 374 g/mol. The molecule has 2 unspecified atom stereocenters. The molecule has 1 aliphatic rings. The van der Waals surface area contributed by atoms with Gasteiger partial charge in [0.15, 0.2) is 0 Å². The van der Waals surface area contributed by atoms with Gasteiger partial charge in [-0.25, -0.2) is 9.59 Å². The number of unbranched alkanes of at least 4 members (excludes halogenated alkanes) is 1. The fraction of sp³-hybridized carbons (Fsp3) is 0.824. The molecule has 0 saturated carbocycles. The first-order chi connectivity index (χ1) is 12.4. The van der Waals surface area contributed by atoms with Gasteiger partial charge in [-0.05, 0) is 30.9 Å². The number of carbonyl (C=O) groups excluding carboxylic acids is 2. The minimum absolute atomic E-state index is 0.0247. The molecule has 1 heterocycles. The van der Waals surface area contributed by atoms with Crippen LogP contribution in [-0.2, 0) is 9.59 Å². The SMILES string of the molecule is CC.CC(CCCCC(=O)NC(CCS)C(=O)O)[C@H]1NC(=O)N[C@H]1CS. The molecular formula is C17H33N3O4S2. The van der Waals surface area contributed by atoms with E-state index in [1.807, 2.05) is 13.8 Å². The summed E-state index contributed by atoms with van der Waals surface area (Å²) in [7, 11) is 0. The van der Waals surface area contributed by atoms with Crippen molar-refractivity contribution in [3.05, 3.63) is 0 Å². The predicted octanol–water partition coefficient (Wildman–Crippen LogP) is 2.08. The molecule has 3 amide bonds. The van der Waals surface area contributed by atoms with Crippen LogP contribution in [0.2, 0.25) is 0 Å². The Kier molecular flexibility index (Phi) is 13.4. The number of hydrogen-bond acceptors (Lipinski definition) is 5. The van der Waals surface area contributed by atoms with E-state index in [4.69, 9.17) is 5.11 Å². The van der Waals surface area contributed by atoms with E-state index in [2.05, 4.69) is 48.1 Å². The number of urea groups is 1. The zero-order valence-corrected chi connectivity index (χ0v) is 17.6. The number of thiol groups is 2. The first-order valence-electron chi connectivity index (χ1n) is 9.20. The van der Waals surface area contributed by atoms with Crippen LogP contribution in [0.5, 0.6) is 0 Å². The van der Waals surface area contributed by atoms with E-state index in [0.29, 0.717) is 30.8 Å². The Labute approximate surface area is 167 Å². The number of carboxylic acid groups (broad SMARTS) is 1. The van der Waals surface area contributed by atoms with E-state index < -0.39 is 12.0 Å². The Hall–Kier alpha value is -1.09. The molecule has 9 heteroatoms. The van der Waals surface area contributed by atoms with Crippen molar-refractivity contribution < 1.29 is 19.5 Å². The topological polar surface area (TPSA) is 108 Å². The third kappa shape index (κ3) is 9.02. The standard InChI is InChI=1S/C15H27N3O4S2.C2H6/c1-9(13-11(8-24)17-15(22)18-13)4-2-3-5-12(19)16-10(6-7-23)14(20)21;1-2/h9-11,13,23-24H,2-8H2,1H3,(H,16,19)(H,20,21)(H2,17,18,22);1-2H3/t9?,10?,11-,13+;/m0./s1. The molecule has 4 atom stereocenters. The molecule has 0 radical (unpaired) electrons. The molecule has 0 bridgehead atoms. The average Bonchev–Trinajstić information content (AvgIpc) is 3.00. The van der Waals surface area contributed by atoms with Crippen LogP contribution in [-0.4, -0.2) is 52.6 Å². The molecule has 0 aromatic carbocycles. The van der Waals surface area contributed by atoms with Gasteiger partial charge in [0, 0.05) is 12.2 Å². The predicted molar refractivity (Wildman–Crippen MR) is 110 cm³/mol. The van der Waals surface area contributed by atoms with Gasteiger partial charge in [-0.1, -0.05) is 27.2 Å². The van der Waals surface area contributed by atoms with Crippen LogP contribution in [0, 0.1) is 5.92 Å². The van der Waals surface area contributed by atoms with E-state index >= 15 is 0 Å². The second-order valence-electron chi connectivity index (χ2n) is 6.13. The van der Waals surface area contributed by atoms with Gasteiger partial charge in [-0.2, -0.15) is 25.3 Å². The summed E-state index contributed by atoms with van der Waals surface area (Å²) >= 11 is 8.24. The summed E-state index contributed by atoms with van der Waals surface area (Å²) < 4.78 is 0. The number of aliphatic carboxylic acids is 1. The second kappa shape index (κ2) is 14.0. The number of carbonyl (C=O) groups is 3. The normalized spacial score (nSPS) is 20.9. The van der Waals surface area contributed by atoms with Crippen molar-refractivity contribution in [2.45, 2.75) is 71.0 Å². The molecule has 1 aliphatic heterocycles. The van der Waals surface area contributed by atoms with Gasteiger partial charge < -0.3 is 21.1 Å². The first-order valence-corrected chi connectivity index (χ1v) is 10.5. The van der Waals surface area contributed by atoms with Crippen molar-refractivity contribution in [2.75, 3.05) is 11.5 Å². The molecule has 1 rings (SSSR count). The van der Waals surface area contributed by atoms with Crippen LogP contribution >= 0.6 is 25.3 Å². The van der Waals surface area contributed by atoms with Crippen LogP contribution in [0.3, 0.4) is 0 Å². The Bertz CT molecular complexity index is 452. The highest BCUT2D eigenvalue weighted by molar-refractivity contribution is 7.80. The molecule has 26 heavy (non-hydrogen) atoms. The Balaban J connectivity index is 0.00000301. The van der Waals surface area contributed by atoms with E-state index in [1.54, 1.807) is 0 Å². The maximum Gasteiger partial charge on any atom is 0.326 e. The van der Waals surface area contributed by atoms with Crippen molar-refractivity contribution in [1.29, 1.82) is 0 Å². The van der Waals surface area contributed by atoms with Gasteiger partial charge in [0.2, 0.25) is 5.91 Å². The molecule has 0 aromatic heterocycles. The summed E-state index contributed by atoms with van der Waals surface area (Å²) in [5.41, 5.74) is 0. The van der Waals surface area contributed by atoms with Crippen LogP contribution < -0.4 is 16.0 Å². The number of hydrogen-bond donors (Lipinski definition) is 6. The molecule has 0 aliphatic carbocycles. The highest BCUT2D eigenvalue weighted by Crippen LogP contribution is 2.19. The minimum Gasteiger partial charge on any atom is -0.480 e. The molecule has 152 valence electrons. The van der Waals surface area contributed by atoms with Crippen molar-refractivity contribution in [1.82, 2.24) is 16.0 Å². The Morgan fingerprint density at radius 1 is 1.19 bits per heavy atom. The van der Waals surface area contributed by atoms with Crippen molar-refractivity contribution >= 4 is 43.2 Å². The zero-order chi connectivity index (χ0) is 20.1. The van der Waals surface area contributed by atoms with Crippen molar-refractivity contribution in [3.63, 3.8) is 0 Å². The highest BCUT2D eigenvalue weighted by Gasteiger charge is 2.33. The van der Waals surface area contributed by atoms with Crippen molar-refractivity contribution in [3.8, 4) is 0 Å². The Morgan fingerprint density at radius 2 is 1.85 bits per heavy atom. The van der Waals surface area contributed by atoms with Crippen LogP contribution in [0.15, 0.2) is 0 Å². The van der Waals surface area contributed by atoms with E-state index in [1.165, 1.54) is 0 Å². The lowest BCUT2D eigenvalue weighted by molar-refractivity contribution is -0.141. The number of rotatable bonds is 11. The van der Waals surface area contributed by atoms with Gasteiger partial charge in [0.25, 0.3) is 0 Å². The molecule has 0 aromatic rings. The lowest BCUT2D eigenvalue weighted by Crippen LogP contribution is -2.41. The lowest BCUT2D eigenvalue weighted by atomic mass is 9.92. The fourth-order valence-electron chi connectivity index (χ4n) is 2.83. The fourth-order valence-corrected chi connectivity index (χ4v) is 3.41. The van der Waals surface area contributed by atoms with Crippen molar-refractivity contribution in [2.24, 2.45) is 5.92 Å². The number of amides is 3. The maximum absolute atomic E-state index is 11.8. The number of carboxylic acids is 1. The van der Waals surface area contributed by atoms with Gasteiger partial charge >= 0.3 is 12.0 Å². The van der Waals surface area contributed by atoms with E-state index in [0.717, 1.165) is 12.8 Å². The summed E-state index contributed by atoms with van der Waals surface area (Å²) in [6, 6.07) is -0.952. The van der Waals surface area contributed by atoms with Gasteiger partial charge in [0.05, 0.1) is 12.1 Å². The largest absolute Gasteiger partial charge is 0.480 e. The third-order valence-corrected chi connectivity index (χ3v) is 4.87. The van der Waals surface area contributed by atoms with E-state index in [9.17, 15) is 14.4 Å². The van der Waals surface area contributed by atoms with Crippen LogP contribution in [0.4, 0.5) is 4.79 Å². The maximum atomic E-state index is 11.8. The average molecular weight is 408 g/mol. The monoisotopic (exact) mass is 407 g/mol. The summed E-state index contributed by atoms with van der Waals surface area (Å²) in [6.45, 7) is 6.07. The van der Waals surface area contributed by atoms with Gasteiger partial charge in [-0.15, -0.1) is 0 Å². The van der Waals surface area contributed by atoms with Crippen LogP contribution in [0.25, 0.3) is 0 Å². The van der Waals surface area contributed by atoms with E-state index in [-0.39, 0.29) is 29.9 Å². The summed E-state index contributed by atoms with van der Waals surface area (Å²) in [4.78, 5) is 34.2.